The number of carbonyl (C=O) groups excluding carboxylic acids is 1. The third-order valence-electron chi connectivity index (χ3n) is 5.47. The molecule has 146 valence electrons. The van der Waals surface area contributed by atoms with Gasteiger partial charge in [0.05, 0.1) is 27.4 Å². The quantitative estimate of drug-likeness (QED) is 0.624. The molecule has 2 atom stereocenters. The maximum Gasteiger partial charge on any atom is 0.256 e. The van der Waals surface area contributed by atoms with Crippen molar-refractivity contribution in [3.05, 3.63) is 52.3 Å². The van der Waals surface area contributed by atoms with Crippen molar-refractivity contribution < 1.29 is 4.79 Å². The van der Waals surface area contributed by atoms with Crippen molar-refractivity contribution >= 4 is 28.5 Å². The Kier molecular flexibility index (Phi) is 4.88. The van der Waals surface area contributed by atoms with Gasteiger partial charge in [0.25, 0.3) is 5.91 Å². The average Bonchev–Trinajstić information content (AvgIpc) is 2.99. The van der Waals surface area contributed by atoms with Crippen LogP contribution >= 0.6 is 11.6 Å². The van der Waals surface area contributed by atoms with Crippen LogP contribution in [0.1, 0.15) is 41.9 Å². The number of pyridine rings is 1. The number of benzene rings is 1. The first-order valence-electron chi connectivity index (χ1n) is 9.75. The molecule has 1 saturated heterocycles. The van der Waals surface area contributed by atoms with Crippen LogP contribution in [-0.4, -0.2) is 38.7 Å². The van der Waals surface area contributed by atoms with E-state index in [0.29, 0.717) is 28.1 Å². The number of hydrogen-bond acceptors (Lipinski definition) is 3. The molecule has 1 amide bonds. The van der Waals surface area contributed by atoms with Gasteiger partial charge in [-0.05, 0) is 44.2 Å². The number of aryl methyl sites for hydroxylation is 2. The van der Waals surface area contributed by atoms with E-state index in [1.54, 1.807) is 10.9 Å². The molecule has 1 aliphatic rings. The van der Waals surface area contributed by atoms with E-state index in [2.05, 4.69) is 23.9 Å². The topological polar surface area (TPSA) is 51.0 Å². The minimum Gasteiger partial charge on any atom is -0.338 e. The van der Waals surface area contributed by atoms with Crippen LogP contribution in [0.4, 0.5) is 0 Å². The van der Waals surface area contributed by atoms with Crippen molar-refractivity contribution in [2.24, 2.45) is 11.8 Å². The largest absolute Gasteiger partial charge is 0.338 e. The molecule has 1 aliphatic heterocycles. The van der Waals surface area contributed by atoms with Gasteiger partial charge in [-0.2, -0.15) is 5.10 Å². The number of halogens is 1. The number of rotatable bonds is 2. The lowest BCUT2D eigenvalue weighted by atomic mass is 9.91. The highest BCUT2D eigenvalue weighted by atomic mass is 35.5. The molecule has 28 heavy (non-hydrogen) atoms. The van der Waals surface area contributed by atoms with Crippen LogP contribution in [0.25, 0.3) is 16.7 Å². The van der Waals surface area contributed by atoms with Gasteiger partial charge < -0.3 is 4.90 Å². The fraction of sp³-hybridized carbons (Fsp3) is 0.409. The summed E-state index contributed by atoms with van der Waals surface area (Å²) in [6, 6.07) is 8.09. The summed E-state index contributed by atoms with van der Waals surface area (Å²) in [4.78, 5) is 19.6. The highest BCUT2D eigenvalue weighted by Crippen LogP contribution is 2.32. The highest BCUT2D eigenvalue weighted by Gasteiger charge is 2.29. The van der Waals surface area contributed by atoms with E-state index in [0.717, 1.165) is 36.3 Å². The normalized spacial score (nSPS) is 20.0. The Morgan fingerprint density at radius 1 is 1.11 bits per heavy atom. The molecule has 0 unspecified atom stereocenters. The Hall–Kier alpha value is -2.40. The van der Waals surface area contributed by atoms with Gasteiger partial charge >= 0.3 is 0 Å². The number of nitrogens with zero attached hydrogens (tertiary/aromatic N) is 4. The van der Waals surface area contributed by atoms with Gasteiger partial charge in [0.2, 0.25) is 0 Å². The van der Waals surface area contributed by atoms with Gasteiger partial charge in [-0.25, -0.2) is 9.67 Å². The lowest BCUT2D eigenvalue weighted by Crippen LogP contribution is -2.42. The summed E-state index contributed by atoms with van der Waals surface area (Å²) < 4.78 is 1.79. The third-order valence-corrected chi connectivity index (χ3v) is 5.87. The standard InChI is InChI=1S/C22H25ClN4O/c1-13-5-7-17(8-6-13)27-21-19(16(4)25-27)20(23)18(10-24-21)22(28)26-11-14(2)9-15(3)12-26/h5-8,10,14-15H,9,11-12H2,1-4H3/t14-,15+. The summed E-state index contributed by atoms with van der Waals surface area (Å²) in [6.45, 7) is 9.85. The van der Waals surface area contributed by atoms with E-state index in [4.69, 9.17) is 11.6 Å². The molecule has 3 aromatic rings. The fourth-order valence-electron chi connectivity index (χ4n) is 4.22. The lowest BCUT2D eigenvalue weighted by molar-refractivity contribution is 0.0623. The average molecular weight is 397 g/mol. The molecule has 1 aromatic carbocycles. The zero-order valence-electron chi connectivity index (χ0n) is 16.7. The molecule has 0 bridgehead atoms. The van der Waals surface area contributed by atoms with Gasteiger partial charge in [-0.3, -0.25) is 4.79 Å². The molecule has 1 fully saturated rings. The zero-order valence-corrected chi connectivity index (χ0v) is 17.5. The number of hydrogen-bond donors (Lipinski definition) is 0. The predicted octanol–water partition coefficient (Wildman–Crippen LogP) is 4.81. The first-order valence-corrected chi connectivity index (χ1v) is 10.1. The van der Waals surface area contributed by atoms with Gasteiger partial charge in [0.15, 0.2) is 5.65 Å². The number of carbonyl (C=O) groups is 1. The summed E-state index contributed by atoms with van der Waals surface area (Å²) in [5.41, 5.74) is 4.00. The lowest BCUT2D eigenvalue weighted by Gasteiger charge is -2.35. The van der Waals surface area contributed by atoms with E-state index >= 15 is 0 Å². The third kappa shape index (κ3) is 3.28. The molecule has 0 radical (unpaired) electrons. The van der Waals surface area contributed by atoms with Gasteiger partial charge in [0, 0.05) is 19.3 Å². The van der Waals surface area contributed by atoms with Crippen LogP contribution in [0.15, 0.2) is 30.5 Å². The van der Waals surface area contributed by atoms with Crippen molar-refractivity contribution in [3.8, 4) is 5.69 Å². The van der Waals surface area contributed by atoms with Crippen LogP contribution < -0.4 is 0 Å². The fourth-order valence-corrected chi connectivity index (χ4v) is 4.57. The number of likely N-dealkylation sites (tertiary alicyclic amines) is 1. The van der Waals surface area contributed by atoms with Crippen molar-refractivity contribution in [2.45, 2.75) is 34.1 Å². The number of aromatic nitrogens is 3. The van der Waals surface area contributed by atoms with Crippen molar-refractivity contribution in [2.75, 3.05) is 13.1 Å². The number of amides is 1. The second kappa shape index (κ2) is 7.21. The summed E-state index contributed by atoms with van der Waals surface area (Å²) >= 11 is 6.72. The summed E-state index contributed by atoms with van der Waals surface area (Å²) in [5.74, 6) is 0.948. The molecule has 0 N–H and O–H groups in total. The maximum atomic E-state index is 13.2. The van der Waals surface area contributed by atoms with Crippen molar-refractivity contribution in [1.82, 2.24) is 19.7 Å². The van der Waals surface area contributed by atoms with E-state index in [-0.39, 0.29) is 5.91 Å². The van der Waals surface area contributed by atoms with Gasteiger partial charge in [-0.15, -0.1) is 0 Å². The molecule has 2 aromatic heterocycles. The Balaban J connectivity index is 1.76. The Bertz CT molecular complexity index is 1030. The van der Waals surface area contributed by atoms with E-state index in [1.807, 2.05) is 43.0 Å². The highest BCUT2D eigenvalue weighted by molar-refractivity contribution is 6.38. The zero-order chi connectivity index (χ0) is 20.0. The minimum absolute atomic E-state index is 0.0414. The van der Waals surface area contributed by atoms with E-state index < -0.39 is 0 Å². The summed E-state index contributed by atoms with van der Waals surface area (Å²) in [6.07, 6.45) is 2.75. The van der Waals surface area contributed by atoms with Crippen LogP contribution in [0.3, 0.4) is 0 Å². The Morgan fingerprint density at radius 2 is 1.75 bits per heavy atom. The second-order valence-electron chi connectivity index (χ2n) is 8.17. The van der Waals surface area contributed by atoms with Crippen LogP contribution in [0.5, 0.6) is 0 Å². The minimum atomic E-state index is -0.0414. The molecule has 3 heterocycles. The molecular formula is C22H25ClN4O. The van der Waals surface area contributed by atoms with E-state index in [9.17, 15) is 4.79 Å². The smallest absolute Gasteiger partial charge is 0.256 e. The maximum absolute atomic E-state index is 13.2. The first-order chi connectivity index (χ1) is 13.3. The molecule has 0 spiro atoms. The summed E-state index contributed by atoms with van der Waals surface area (Å²) in [7, 11) is 0. The number of fused-ring (bicyclic) bond motifs is 1. The SMILES string of the molecule is Cc1ccc(-n2nc(C)c3c(Cl)c(C(=O)N4C[C@H](C)C[C@H](C)C4)cnc32)cc1. The molecular weight excluding hydrogens is 372 g/mol. The van der Waals surface area contributed by atoms with E-state index in [1.165, 1.54) is 5.56 Å². The summed E-state index contributed by atoms with van der Waals surface area (Å²) in [5, 5.41) is 5.82. The van der Waals surface area contributed by atoms with Crippen LogP contribution in [0.2, 0.25) is 5.02 Å². The van der Waals surface area contributed by atoms with Crippen molar-refractivity contribution in [1.29, 1.82) is 0 Å². The second-order valence-corrected chi connectivity index (χ2v) is 8.55. The Morgan fingerprint density at radius 3 is 2.39 bits per heavy atom. The molecule has 4 rings (SSSR count). The predicted molar refractivity (Wildman–Crippen MR) is 112 cm³/mol. The first kappa shape index (κ1) is 18.9. The van der Waals surface area contributed by atoms with Crippen LogP contribution in [0, 0.1) is 25.7 Å². The Labute approximate surface area is 170 Å². The van der Waals surface area contributed by atoms with Crippen molar-refractivity contribution in [3.63, 3.8) is 0 Å². The van der Waals surface area contributed by atoms with Crippen LogP contribution in [-0.2, 0) is 0 Å². The molecule has 6 heteroatoms. The van der Waals surface area contributed by atoms with Gasteiger partial charge in [0.1, 0.15) is 0 Å². The monoisotopic (exact) mass is 396 g/mol. The molecule has 0 saturated carbocycles. The molecule has 5 nitrogen and oxygen atoms in total. The number of piperidine rings is 1. The van der Waals surface area contributed by atoms with Gasteiger partial charge in [-0.1, -0.05) is 43.1 Å². The molecule has 0 aliphatic carbocycles.